The Hall–Kier alpha value is -2.84. The Morgan fingerprint density at radius 2 is 1.87 bits per heavy atom. The standard InChI is InChI=1S/C21H25ClN4O4/c1-29-17-12-16(18(30-2)11-15(17)22)24-20(27)13-26-9-6-14(7-10-26)21(28)25-19-5-3-4-8-23-19/h3-5,8,11-12,14H,6-7,9-10,13H2,1-2H3,(H,24,27)(H,23,25,28). The maximum Gasteiger partial charge on any atom is 0.238 e. The molecule has 1 fully saturated rings. The van der Waals surface area contributed by atoms with Crippen LogP contribution in [0.2, 0.25) is 5.02 Å². The Morgan fingerprint density at radius 3 is 2.50 bits per heavy atom. The zero-order chi connectivity index (χ0) is 21.5. The monoisotopic (exact) mass is 432 g/mol. The zero-order valence-electron chi connectivity index (χ0n) is 17.0. The van der Waals surface area contributed by atoms with Crippen molar-refractivity contribution in [2.75, 3.05) is 44.5 Å². The summed E-state index contributed by atoms with van der Waals surface area (Å²) in [6.45, 7) is 1.55. The number of rotatable bonds is 7. The van der Waals surface area contributed by atoms with Crippen molar-refractivity contribution in [1.29, 1.82) is 0 Å². The van der Waals surface area contributed by atoms with E-state index in [4.69, 9.17) is 21.1 Å². The van der Waals surface area contributed by atoms with E-state index in [0.717, 1.165) is 0 Å². The molecule has 3 rings (SSSR count). The molecule has 0 bridgehead atoms. The number of nitrogens with zero attached hydrogens (tertiary/aromatic N) is 2. The number of amides is 2. The second-order valence-corrected chi connectivity index (χ2v) is 7.40. The van der Waals surface area contributed by atoms with Crippen molar-refractivity contribution in [3.63, 3.8) is 0 Å². The Bertz CT molecular complexity index is 886. The molecule has 0 saturated carbocycles. The van der Waals surface area contributed by atoms with Gasteiger partial charge in [0.1, 0.15) is 17.3 Å². The molecule has 2 N–H and O–H groups in total. The molecule has 160 valence electrons. The predicted octanol–water partition coefficient (Wildman–Crippen LogP) is 3.04. The van der Waals surface area contributed by atoms with E-state index in [1.807, 2.05) is 11.0 Å². The highest BCUT2D eigenvalue weighted by Gasteiger charge is 2.26. The van der Waals surface area contributed by atoms with Gasteiger partial charge in [-0.1, -0.05) is 17.7 Å². The number of aromatic nitrogens is 1. The number of carbonyl (C=O) groups is 2. The Morgan fingerprint density at radius 1 is 1.13 bits per heavy atom. The molecule has 1 aliphatic rings. The van der Waals surface area contributed by atoms with Crippen molar-refractivity contribution in [3.05, 3.63) is 41.6 Å². The summed E-state index contributed by atoms with van der Waals surface area (Å²) in [7, 11) is 3.02. The van der Waals surface area contributed by atoms with Crippen molar-refractivity contribution >= 4 is 34.9 Å². The minimum atomic E-state index is -0.172. The molecule has 0 aliphatic carbocycles. The molecular formula is C21H25ClN4O4. The molecule has 1 saturated heterocycles. The van der Waals surface area contributed by atoms with Gasteiger partial charge in [0.05, 0.1) is 31.5 Å². The molecule has 0 radical (unpaired) electrons. The van der Waals surface area contributed by atoms with Gasteiger partial charge in [0, 0.05) is 24.2 Å². The van der Waals surface area contributed by atoms with E-state index in [2.05, 4.69) is 15.6 Å². The van der Waals surface area contributed by atoms with E-state index in [1.54, 1.807) is 30.5 Å². The Balaban J connectivity index is 1.50. The first kappa shape index (κ1) is 21.9. The number of halogens is 1. The molecule has 8 nitrogen and oxygen atoms in total. The van der Waals surface area contributed by atoms with Crippen LogP contribution in [-0.2, 0) is 9.59 Å². The lowest BCUT2D eigenvalue weighted by molar-refractivity contribution is -0.121. The highest BCUT2D eigenvalue weighted by Crippen LogP contribution is 2.35. The van der Waals surface area contributed by atoms with Crippen LogP contribution < -0.4 is 20.1 Å². The first-order valence-electron chi connectivity index (χ1n) is 9.65. The summed E-state index contributed by atoms with van der Waals surface area (Å²) in [5.41, 5.74) is 0.494. The number of benzene rings is 1. The van der Waals surface area contributed by atoms with Crippen LogP contribution in [-0.4, -0.2) is 55.6 Å². The fourth-order valence-corrected chi connectivity index (χ4v) is 3.60. The number of nitrogens with one attached hydrogen (secondary N) is 2. The van der Waals surface area contributed by atoms with Gasteiger partial charge in [0.15, 0.2) is 0 Å². The van der Waals surface area contributed by atoms with Crippen LogP contribution in [0.4, 0.5) is 11.5 Å². The SMILES string of the molecule is COc1cc(NC(=O)CN2CCC(C(=O)Nc3ccccn3)CC2)c(OC)cc1Cl. The summed E-state index contributed by atoms with van der Waals surface area (Å²) >= 11 is 6.10. The number of likely N-dealkylation sites (tertiary alicyclic amines) is 1. The lowest BCUT2D eigenvalue weighted by Gasteiger charge is -2.30. The molecule has 9 heteroatoms. The highest BCUT2D eigenvalue weighted by atomic mass is 35.5. The maximum absolute atomic E-state index is 12.5. The fraction of sp³-hybridized carbons (Fsp3) is 0.381. The fourth-order valence-electron chi connectivity index (χ4n) is 3.37. The van der Waals surface area contributed by atoms with Crippen molar-refractivity contribution in [3.8, 4) is 11.5 Å². The molecule has 1 aliphatic heterocycles. The van der Waals surface area contributed by atoms with E-state index in [0.29, 0.717) is 54.0 Å². The first-order valence-corrected chi connectivity index (χ1v) is 10.0. The summed E-state index contributed by atoms with van der Waals surface area (Å²) in [4.78, 5) is 31.1. The average Bonchev–Trinajstić information content (AvgIpc) is 2.75. The molecule has 1 aromatic carbocycles. The van der Waals surface area contributed by atoms with E-state index in [1.165, 1.54) is 14.2 Å². The largest absolute Gasteiger partial charge is 0.495 e. The van der Waals surface area contributed by atoms with Crippen molar-refractivity contribution in [2.24, 2.45) is 5.92 Å². The summed E-state index contributed by atoms with van der Waals surface area (Å²) in [5.74, 6) is 1.17. The van der Waals surface area contributed by atoms with Gasteiger partial charge in [0.25, 0.3) is 0 Å². The number of ether oxygens (including phenoxy) is 2. The van der Waals surface area contributed by atoms with E-state index in [9.17, 15) is 9.59 Å². The molecule has 0 atom stereocenters. The van der Waals surface area contributed by atoms with Gasteiger partial charge in [-0.05, 0) is 38.1 Å². The van der Waals surface area contributed by atoms with Crippen molar-refractivity contribution in [1.82, 2.24) is 9.88 Å². The first-order chi connectivity index (χ1) is 14.5. The average molecular weight is 433 g/mol. The zero-order valence-corrected chi connectivity index (χ0v) is 17.7. The molecule has 0 spiro atoms. The third-order valence-corrected chi connectivity index (χ3v) is 5.29. The predicted molar refractivity (Wildman–Crippen MR) is 115 cm³/mol. The lowest BCUT2D eigenvalue weighted by Crippen LogP contribution is -2.41. The summed E-state index contributed by atoms with van der Waals surface area (Å²) in [6, 6.07) is 8.62. The van der Waals surface area contributed by atoms with Gasteiger partial charge in [-0.2, -0.15) is 0 Å². The summed E-state index contributed by atoms with van der Waals surface area (Å²) < 4.78 is 10.5. The lowest BCUT2D eigenvalue weighted by atomic mass is 9.96. The van der Waals surface area contributed by atoms with Crippen LogP contribution in [0.1, 0.15) is 12.8 Å². The summed E-state index contributed by atoms with van der Waals surface area (Å²) in [5, 5.41) is 6.09. The van der Waals surface area contributed by atoms with E-state index >= 15 is 0 Å². The molecule has 0 unspecified atom stereocenters. The van der Waals surface area contributed by atoms with E-state index in [-0.39, 0.29) is 24.3 Å². The maximum atomic E-state index is 12.5. The second kappa shape index (κ2) is 10.3. The molecule has 2 aromatic rings. The molecule has 2 amide bonds. The molecule has 30 heavy (non-hydrogen) atoms. The van der Waals surface area contributed by atoms with Crippen molar-refractivity contribution in [2.45, 2.75) is 12.8 Å². The third kappa shape index (κ3) is 5.61. The highest BCUT2D eigenvalue weighted by molar-refractivity contribution is 6.32. The topological polar surface area (TPSA) is 92.8 Å². The molecular weight excluding hydrogens is 408 g/mol. The van der Waals surface area contributed by atoms with Crippen molar-refractivity contribution < 1.29 is 19.1 Å². The number of piperidine rings is 1. The van der Waals surface area contributed by atoms with Crippen LogP contribution in [0.15, 0.2) is 36.5 Å². The van der Waals surface area contributed by atoms with Gasteiger partial charge in [0.2, 0.25) is 11.8 Å². The minimum Gasteiger partial charge on any atom is -0.495 e. The molecule has 2 heterocycles. The van der Waals surface area contributed by atoms with Gasteiger partial charge in [-0.25, -0.2) is 4.98 Å². The Kier molecular flexibility index (Phi) is 7.48. The second-order valence-electron chi connectivity index (χ2n) is 6.99. The molecule has 1 aromatic heterocycles. The van der Waals surface area contributed by atoms with E-state index < -0.39 is 0 Å². The smallest absolute Gasteiger partial charge is 0.238 e. The van der Waals surface area contributed by atoms with Gasteiger partial charge in [-0.3, -0.25) is 14.5 Å². The third-order valence-electron chi connectivity index (χ3n) is 4.99. The number of hydrogen-bond donors (Lipinski definition) is 2. The number of carbonyl (C=O) groups excluding carboxylic acids is 2. The quantitative estimate of drug-likeness (QED) is 0.698. The Labute approximate surface area is 180 Å². The van der Waals surface area contributed by atoms with Crippen LogP contribution in [0.3, 0.4) is 0 Å². The van der Waals surface area contributed by atoms with Gasteiger partial charge >= 0.3 is 0 Å². The normalized spacial score (nSPS) is 14.8. The number of anilines is 2. The number of pyridine rings is 1. The van der Waals surface area contributed by atoms with Crippen LogP contribution in [0, 0.1) is 5.92 Å². The number of methoxy groups -OCH3 is 2. The summed E-state index contributed by atoms with van der Waals surface area (Å²) in [6.07, 6.45) is 3.01. The van der Waals surface area contributed by atoms with Crippen LogP contribution in [0.5, 0.6) is 11.5 Å². The van der Waals surface area contributed by atoms with Crippen LogP contribution in [0.25, 0.3) is 0 Å². The van der Waals surface area contributed by atoms with Gasteiger partial charge < -0.3 is 20.1 Å². The van der Waals surface area contributed by atoms with Crippen LogP contribution >= 0.6 is 11.6 Å². The number of hydrogen-bond acceptors (Lipinski definition) is 6. The van der Waals surface area contributed by atoms with Gasteiger partial charge in [-0.15, -0.1) is 0 Å². The minimum absolute atomic E-state index is 0.0317.